The number of carbonyl (C=O) groups is 4. The van der Waals surface area contributed by atoms with Crippen molar-refractivity contribution < 1.29 is 69.4 Å². The monoisotopic (exact) mass is 1460 g/mol. The fourth-order valence-corrected chi connectivity index (χ4v) is 18.9. The Morgan fingerprint density at radius 2 is 1.07 bits per heavy atom. The van der Waals surface area contributed by atoms with Crippen LogP contribution in [0, 0.1) is 53.3 Å². The van der Waals surface area contributed by atoms with E-state index in [1.807, 2.05) is 114 Å². The molecule has 7 aromatic rings. The van der Waals surface area contributed by atoms with Crippen LogP contribution in [-0.4, -0.2) is 129 Å². The van der Waals surface area contributed by atoms with Crippen LogP contribution in [0.3, 0.4) is 0 Å². The minimum absolute atomic E-state index is 0.0463. The molecule has 0 N–H and O–H groups in total. The zero-order valence-corrected chi connectivity index (χ0v) is 61.7. The molecule has 18 nitrogen and oxygen atoms in total. The summed E-state index contributed by atoms with van der Waals surface area (Å²) in [5.41, 5.74) is 1.06. The molecule has 7 aliphatic carbocycles. The Morgan fingerprint density at radius 1 is 0.451 bits per heavy atom. The van der Waals surface area contributed by atoms with Crippen LogP contribution in [0.15, 0.2) is 168 Å². The second kappa shape index (κ2) is 45.5. The Hall–Kier alpha value is -6.75. The van der Waals surface area contributed by atoms with Crippen LogP contribution in [0.1, 0.15) is 154 Å². The number of hydrogen-bond donors (Lipinski definition) is 0. The second-order valence-electron chi connectivity index (χ2n) is 27.6. The molecular formula is C81H107N3O15S3. The van der Waals surface area contributed by atoms with Crippen LogP contribution in [0.25, 0.3) is 21.7 Å². The molecule has 554 valence electrons. The van der Waals surface area contributed by atoms with Crippen LogP contribution in [-0.2, 0) is 61.8 Å². The highest BCUT2D eigenvalue weighted by atomic mass is 32.2. The lowest BCUT2D eigenvalue weighted by molar-refractivity contribution is -0.144. The third kappa shape index (κ3) is 27.4. The number of rotatable bonds is 0. The Labute approximate surface area is 612 Å². The molecule has 8 aliphatic heterocycles. The molecule has 8 saturated heterocycles. The quantitative estimate of drug-likeness (QED) is 0.0781. The first kappa shape index (κ1) is 79.4. The molecule has 13 heterocycles. The maximum Gasteiger partial charge on any atom is 0.508 e. The fraction of sp³-hybridized carbons (Fsp3) is 0.568. The number of hydrogen-bond acceptors (Lipinski definition) is 20. The summed E-state index contributed by atoms with van der Waals surface area (Å²) >= 11 is 3.79. The Bertz CT molecular complexity index is 3150. The van der Waals surface area contributed by atoms with Gasteiger partial charge in [-0.3, -0.25) is 33.5 Å². The van der Waals surface area contributed by atoms with E-state index in [4.69, 9.17) is 23.1 Å². The Morgan fingerprint density at radius 3 is 1.52 bits per heavy atom. The van der Waals surface area contributed by atoms with Gasteiger partial charge in [-0.05, 0) is 208 Å². The average molecular weight is 1460 g/mol. The van der Waals surface area contributed by atoms with Crippen LogP contribution in [0.5, 0.6) is 0 Å². The van der Waals surface area contributed by atoms with Crippen molar-refractivity contribution in [2.45, 2.75) is 172 Å². The molecule has 21 heteroatoms. The SMILES string of the molecule is C1CCCCC1.C1CCOC1.C1CCOCC1.C1CCSC1.O=C1CCCO1.O=C1OC2CC3CC1C2C3.O=C1OCC2C3CCC(C3)C12.O=C1OCCO1.O=S1(=O)OC2CC3CC2C1C3.c1ccc2cnccc2c1.c1ccc2ncccc2c1.c1ccncc1.c1ccoc1.c1ccsc1. The molecule has 0 spiro atoms. The van der Waals surface area contributed by atoms with Crippen molar-refractivity contribution in [3.8, 4) is 0 Å². The first-order valence-corrected chi connectivity index (χ1v) is 41.0. The normalized spacial score (nSPS) is 28.1. The lowest BCUT2D eigenvalue weighted by Crippen LogP contribution is -2.22. The van der Waals surface area contributed by atoms with Gasteiger partial charge in [-0.15, -0.1) is 0 Å². The number of carbonyl (C=O) groups excluding carboxylic acids is 4. The number of para-hydroxylation sites is 1. The maximum atomic E-state index is 11.3. The minimum atomic E-state index is -3.13. The molecule has 6 bridgehead atoms. The Balaban J connectivity index is 0.000000129. The summed E-state index contributed by atoms with van der Waals surface area (Å²) < 4.78 is 65.5. The predicted molar refractivity (Wildman–Crippen MR) is 399 cm³/mol. The standard InChI is InChI=1S/2C9H7N.C9H12O2.C8H10O2.C7H10O3S.C6H12.C5H5N.C5H10O.C4H6O2.C4H8O.C4H4O.C4H8S.C4H4S.C3H4O3/c1-2-6-9-8(4-1)5-3-7-10-9;1-2-4-9-7-10-6-5-8(9)3-1;10-9-8-6-2-1-5(3-6)7(8)4-11-9;9-8-6-2-4-1-5(6)7(3-4)10-8;8-11(9)7-3-4-1-5(7)6(2-4)10-11;3*1-2-4-6-5-3-1;5-4-2-1-3-6-4;4*1-2-4-5-3-1;4-3-5-1-2-6-3/h2*1-7H;5-8H,1-4H2;4-7H,1-3H2;4-7H,1-3H2;1-6H2;1-5H;1-5H2;1-3H2;1-4H2;1-4H;1-4H2;1-4H;1-2H2. The summed E-state index contributed by atoms with van der Waals surface area (Å²) in [5.74, 6) is 8.18. The molecule has 7 saturated carbocycles. The number of ether oxygens (including phenoxy) is 7. The number of fused-ring (bicyclic) bond motifs is 9. The van der Waals surface area contributed by atoms with Crippen molar-refractivity contribution in [3.63, 3.8) is 0 Å². The molecule has 15 fully saturated rings. The van der Waals surface area contributed by atoms with Gasteiger partial charge in [-0.2, -0.15) is 31.5 Å². The minimum Gasteiger partial charge on any atom is -0.473 e. The molecule has 0 amide bonds. The van der Waals surface area contributed by atoms with Gasteiger partial charge in [0.25, 0.3) is 10.1 Å². The molecule has 12 atom stereocenters. The first-order chi connectivity index (χ1) is 50.1. The number of thioether (sulfide) groups is 1. The first-order valence-electron chi connectivity index (χ1n) is 37.4. The van der Waals surface area contributed by atoms with Gasteiger partial charge in [0.15, 0.2) is 0 Å². The summed E-state index contributed by atoms with van der Waals surface area (Å²) in [5, 5.41) is 7.60. The zero-order chi connectivity index (χ0) is 71.1. The van der Waals surface area contributed by atoms with Gasteiger partial charge in [0.2, 0.25) is 0 Å². The molecule has 15 aliphatic rings. The van der Waals surface area contributed by atoms with E-state index in [1.54, 1.807) is 36.3 Å². The fourth-order valence-electron chi connectivity index (χ4n) is 15.5. The van der Waals surface area contributed by atoms with E-state index in [1.165, 1.54) is 137 Å². The highest BCUT2D eigenvalue weighted by molar-refractivity contribution is 7.99. The summed E-state index contributed by atoms with van der Waals surface area (Å²) in [6.07, 6.45) is 42.5. The van der Waals surface area contributed by atoms with Crippen molar-refractivity contribution >= 4 is 79.0 Å². The van der Waals surface area contributed by atoms with Gasteiger partial charge in [0, 0.05) is 87.0 Å². The van der Waals surface area contributed by atoms with Crippen LogP contribution in [0.4, 0.5) is 4.79 Å². The molecule has 5 aromatic heterocycles. The van der Waals surface area contributed by atoms with E-state index in [0.29, 0.717) is 73.8 Å². The highest BCUT2D eigenvalue weighted by Crippen LogP contribution is 2.56. The number of benzene rings is 2. The van der Waals surface area contributed by atoms with Gasteiger partial charge in [-0.1, -0.05) is 105 Å². The molecular weight excluding hydrogens is 1350 g/mol. The van der Waals surface area contributed by atoms with Crippen molar-refractivity contribution in [2.75, 3.05) is 64.4 Å². The summed E-state index contributed by atoms with van der Waals surface area (Å²) in [4.78, 5) is 54.1. The van der Waals surface area contributed by atoms with Gasteiger partial charge in [0.05, 0.1) is 54.4 Å². The average Bonchev–Trinajstić information content (AvgIpc) is 1.61. The third-order valence-corrected chi connectivity index (χ3v) is 24.0. The number of furan rings is 1. The number of pyridine rings is 3. The van der Waals surface area contributed by atoms with Gasteiger partial charge >= 0.3 is 24.1 Å². The van der Waals surface area contributed by atoms with Crippen molar-refractivity contribution in [1.82, 2.24) is 15.0 Å². The second-order valence-corrected chi connectivity index (χ2v) is 31.4. The van der Waals surface area contributed by atoms with Crippen molar-refractivity contribution in [3.05, 3.63) is 163 Å². The lowest BCUT2D eigenvalue weighted by Gasteiger charge is -2.19. The highest BCUT2D eigenvalue weighted by Gasteiger charge is 2.59. The molecule has 2 aromatic carbocycles. The topological polar surface area (TPSA) is 228 Å². The number of cyclic esters (lactones) is 4. The van der Waals surface area contributed by atoms with E-state index in [-0.39, 0.29) is 29.3 Å². The van der Waals surface area contributed by atoms with Gasteiger partial charge in [-0.25, -0.2) is 4.79 Å². The largest absolute Gasteiger partial charge is 0.508 e. The van der Waals surface area contributed by atoms with E-state index in [2.05, 4.69) is 69.6 Å². The smallest absolute Gasteiger partial charge is 0.473 e. The molecule has 22 rings (SSSR count). The van der Waals surface area contributed by atoms with E-state index >= 15 is 0 Å². The van der Waals surface area contributed by atoms with E-state index < -0.39 is 16.3 Å². The molecule has 102 heavy (non-hydrogen) atoms. The zero-order valence-electron chi connectivity index (χ0n) is 59.2. The predicted octanol–water partition coefficient (Wildman–Crippen LogP) is 17.6. The van der Waals surface area contributed by atoms with E-state index in [9.17, 15) is 27.6 Å². The third-order valence-electron chi connectivity index (χ3n) is 20.4. The van der Waals surface area contributed by atoms with Crippen LogP contribution >= 0.6 is 23.1 Å². The number of aromatic nitrogens is 3. The van der Waals surface area contributed by atoms with Crippen LogP contribution < -0.4 is 0 Å². The maximum absolute atomic E-state index is 11.3. The molecule has 12 unspecified atom stereocenters. The summed E-state index contributed by atoms with van der Waals surface area (Å²) in [7, 11) is -3.13. The molecule has 0 radical (unpaired) electrons. The van der Waals surface area contributed by atoms with Crippen molar-refractivity contribution in [2.24, 2.45) is 53.3 Å². The number of esters is 3. The van der Waals surface area contributed by atoms with Gasteiger partial charge in [0.1, 0.15) is 19.3 Å². The van der Waals surface area contributed by atoms with E-state index in [0.717, 1.165) is 88.9 Å². The lowest BCUT2D eigenvalue weighted by atomic mass is 9.81. The number of nitrogens with zero attached hydrogens (tertiary/aromatic N) is 3. The number of thiophene rings is 1. The summed E-state index contributed by atoms with van der Waals surface area (Å²) in [6, 6.07) is 35.7. The van der Waals surface area contributed by atoms with Crippen molar-refractivity contribution in [1.29, 1.82) is 0 Å². The van der Waals surface area contributed by atoms with Crippen LogP contribution in [0.2, 0.25) is 0 Å². The van der Waals surface area contributed by atoms with Gasteiger partial charge < -0.3 is 37.6 Å². The summed E-state index contributed by atoms with van der Waals surface area (Å²) in [6.45, 7) is 6.20. The Kier molecular flexibility index (Phi) is 35.4.